The third-order valence-corrected chi connectivity index (χ3v) is 2.54. The largest absolute Gasteiger partial charge is 0.395 e. The Morgan fingerprint density at radius 3 is 2.46 bits per heavy atom. The van der Waals surface area contributed by atoms with E-state index in [0.717, 1.165) is 0 Å². The number of carbonyl (C=O) groups excluding carboxylic acids is 1. The van der Waals surface area contributed by atoms with Gasteiger partial charge in [0, 0.05) is 20.0 Å². The number of hydrogen-bond donors (Lipinski definition) is 3. The van der Waals surface area contributed by atoms with Gasteiger partial charge in [0.2, 0.25) is 15.9 Å². The van der Waals surface area contributed by atoms with E-state index < -0.39 is 16.6 Å². The van der Waals surface area contributed by atoms with E-state index in [0.29, 0.717) is 0 Å². The van der Waals surface area contributed by atoms with Crippen LogP contribution in [0, 0.1) is 0 Å². The van der Waals surface area contributed by atoms with Crippen molar-refractivity contribution in [2.24, 2.45) is 0 Å². The molecule has 0 spiro atoms. The number of aliphatic hydroxyl groups is 1. The predicted octanol–water partition coefficient (Wildman–Crippen LogP) is -1.97. The molecule has 3 N–H and O–H groups in total. The van der Waals surface area contributed by atoms with E-state index >= 15 is 0 Å². The van der Waals surface area contributed by atoms with Gasteiger partial charge in [-0.05, 0) is 0 Å². The highest BCUT2D eigenvalue weighted by Crippen LogP contribution is 1.80. The Morgan fingerprint density at radius 2 is 2.00 bits per heavy atom. The number of hydrogen-bond acceptors (Lipinski definition) is 4. The number of nitrogens with one attached hydrogen (secondary N) is 2. The highest BCUT2D eigenvalue weighted by Gasteiger charge is 2.07. The summed E-state index contributed by atoms with van der Waals surface area (Å²) in [6.45, 7) is 1.33. The molecule has 7 heteroatoms. The zero-order valence-electron chi connectivity index (χ0n) is 7.41. The second-order valence-electron chi connectivity index (χ2n) is 2.42. The van der Waals surface area contributed by atoms with Crippen LogP contribution in [-0.4, -0.2) is 44.9 Å². The van der Waals surface area contributed by atoms with Gasteiger partial charge in [-0.1, -0.05) is 0 Å². The Hall–Kier alpha value is -0.660. The standard InChI is InChI=1S/C6H14N2O4S/c1-6(10)7-2-3-8-13(11,12)5-4-9/h8-9H,2-5H2,1H3,(H,7,10). The van der Waals surface area contributed by atoms with E-state index in [4.69, 9.17) is 5.11 Å². The molecule has 0 aromatic carbocycles. The van der Waals surface area contributed by atoms with Crippen LogP contribution in [0.5, 0.6) is 0 Å². The van der Waals surface area contributed by atoms with E-state index in [2.05, 4.69) is 10.0 Å². The van der Waals surface area contributed by atoms with Crippen molar-refractivity contribution in [1.82, 2.24) is 10.0 Å². The van der Waals surface area contributed by atoms with Crippen molar-refractivity contribution in [3.05, 3.63) is 0 Å². The van der Waals surface area contributed by atoms with Crippen LogP contribution >= 0.6 is 0 Å². The molecule has 0 aliphatic carbocycles. The molecular weight excluding hydrogens is 196 g/mol. The van der Waals surface area contributed by atoms with E-state index in [9.17, 15) is 13.2 Å². The second kappa shape index (κ2) is 5.90. The Balaban J connectivity index is 3.58. The van der Waals surface area contributed by atoms with Crippen LogP contribution in [0.3, 0.4) is 0 Å². The molecule has 78 valence electrons. The summed E-state index contributed by atoms with van der Waals surface area (Å²) in [5.41, 5.74) is 0. The van der Waals surface area contributed by atoms with Gasteiger partial charge in [0.05, 0.1) is 12.4 Å². The molecule has 0 aromatic heterocycles. The first-order chi connectivity index (χ1) is 5.98. The average molecular weight is 210 g/mol. The van der Waals surface area contributed by atoms with Crippen LogP contribution in [0.25, 0.3) is 0 Å². The van der Waals surface area contributed by atoms with Crippen LogP contribution in [0.4, 0.5) is 0 Å². The Morgan fingerprint density at radius 1 is 1.38 bits per heavy atom. The van der Waals surface area contributed by atoms with Gasteiger partial charge in [0.1, 0.15) is 0 Å². The van der Waals surface area contributed by atoms with E-state index in [1.165, 1.54) is 6.92 Å². The van der Waals surface area contributed by atoms with Gasteiger partial charge in [-0.3, -0.25) is 4.79 Å². The first-order valence-electron chi connectivity index (χ1n) is 3.80. The minimum absolute atomic E-state index is 0.141. The molecule has 0 saturated carbocycles. The summed E-state index contributed by atoms with van der Waals surface area (Å²) in [6.07, 6.45) is 0. The van der Waals surface area contributed by atoms with Crippen LogP contribution < -0.4 is 10.0 Å². The van der Waals surface area contributed by atoms with E-state index in [-0.39, 0.29) is 24.7 Å². The minimum Gasteiger partial charge on any atom is -0.395 e. The first-order valence-corrected chi connectivity index (χ1v) is 5.46. The second-order valence-corrected chi connectivity index (χ2v) is 4.35. The Labute approximate surface area is 77.4 Å². The van der Waals surface area contributed by atoms with E-state index in [1.807, 2.05) is 0 Å². The number of amides is 1. The van der Waals surface area contributed by atoms with Crippen LogP contribution in [-0.2, 0) is 14.8 Å². The SMILES string of the molecule is CC(=O)NCCNS(=O)(=O)CCO. The van der Waals surface area contributed by atoms with Crippen LogP contribution in [0.15, 0.2) is 0 Å². The maximum absolute atomic E-state index is 10.9. The van der Waals surface area contributed by atoms with Crippen molar-refractivity contribution >= 4 is 15.9 Å². The molecular formula is C6H14N2O4S. The maximum Gasteiger partial charge on any atom is 0.216 e. The molecule has 13 heavy (non-hydrogen) atoms. The number of carbonyl (C=O) groups is 1. The number of rotatable bonds is 6. The lowest BCUT2D eigenvalue weighted by molar-refractivity contribution is -0.118. The number of aliphatic hydroxyl groups excluding tert-OH is 1. The van der Waals surface area contributed by atoms with Crippen molar-refractivity contribution in [1.29, 1.82) is 0 Å². The summed E-state index contributed by atoms with van der Waals surface area (Å²) in [5, 5.41) is 10.8. The summed E-state index contributed by atoms with van der Waals surface area (Å²) in [4.78, 5) is 10.4. The third-order valence-electron chi connectivity index (χ3n) is 1.18. The highest BCUT2D eigenvalue weighted by atomic mass is 32.2. The molecule has 6 nitrogen and oxygen atoms in total. The molecule has 0 fully saturated rings. The summed E-state index contributed by atoms with van der Waals surface area (Å²) in [7, 11) is -3.38. The molecule has 0 aliphatic rings. The quantitative estimate of drug-likeness (QED) is 0.443. The van der Waals surface area contributed by atoms with Gasteiger partial charge < -0.3 is 10.4 Å². The zero-order valence-corrected chi connectivity index (χ0v) is 8.23. The van der Waals surface area contributed by atoms with Gasteiger partial charge in [-0.2, -0.15) is 0 Å². The molecule has 0 aliphatic heterocycles. The van der Waals surface area contributed by atoms with Gasteiger partial charge in [-0.25, -0.2) is 13.1 Å². The first kappa shape index (κ1) is 12.3. The molecule has 0 saturated heterocycles. The van der Waals surface area contributed by atoms with Crippen molar-refractivity contribution < 1.29 is 18.3 Å². The predicted molar refractivity (Wildman–Crippen MR) is 47.6 cm³/mol. The molecule has 0 atom stereocenters. The van der Waals surface area contributed by atoms with Crippen LogP contribution in [0.1, 0.15) is 6.92 Å². The van der Waals surface area contributed by atoms with Crippen LogP contribution in [0.2, 0.25) is 0 Å². The molecule has 0 heterocycles. The van der Waals surface area contributed by atoms with Gasteiger partial charge in [-0.15, -0.1) is 0 Å². The fraction of sp³-hybridized carbons (Fsp3) is 0.833. The summed E-state index contributed by atoms with van der Waals surface area (Å²) in [5.74, 6) is -0.520. The lowest BCUT2D eigenvalue weighted by Crippen LogP contribution is -2.35. The van der Waals surface area contributed by atoms with Gasteiger partial charge >= 0.3 is 0 Å². The van der Waals surface area contributed by atoms with Crippen molar-refractivity contribution in [2.45, 2.75) is 6.92 Å². The molecule has 0 rings (SSSR count). The molecule has 1 amide bonds. The third kappa shape index (κ3) is 7.69. The fourth-order valence-corrected chi connectivity index (χ4v) is 1.44. The normalized spacial score (nSPS) is 11.2. The Kier molecular flexibility index (Phi) is 5.60. The average Bonchev–Trinajstić information content (AvgIpc) is 1.98. The summed E-state index contributed by atoms with van der Waals surface area (Å²) < 4.78 is 24.0. The maximum atomic E-state index is 10.9. The smallest absolute Gasteiger partial charge is 0.216 e. The topological polar surface area (TPSA) is 95.5 Å². The van der Waals surface area contributed by atoms with Crippen molar-refractivity contribution in [3.63, 3.8) is 0 Å². The lowest BCUT2D eigenvalue weighted by atomic mass is 10.6. The Bertz CT molecular complexity index is 249. The number of sulfonamides is 1. The summed E-state index contributed by atoms with van der Waals surface area (Å²) in [6, 6.07) is 0. The van der Waals surface area contributed by atoms with Gasteiger partial charge in [0.15, 0.2) is 0 Å². The van der Waals surface area contributed by atoms with E-state index in [1.54, 1.807) is 0 Å². The molecule has 0 aromatic rings. The molecule has 0 unspecified atom stereocenters. The zero-order chi connectivity index (χ0) is 10.3. The van der Waals surface area contributed by atoms with Gasteiger partial charge in [0.25, 0.3) is 0 Å². The fourth-order valence-electron chi connectivity index (χ4n) is 0.637. The highest BCUT2D eigenvalue weighted by molar-refractivity contribution is 7.89. The summed E-state index contributed by atoms with van der Waals surface area (Å²) >= 11 is 0. The van der Waals surface area contributed by atoms with Crippen molar-refractivity contribution in [3.8, 4) is 0 Å². The monoisotopic (exact) mass is 210 g/mol. The molecule has 0 bridgehead atoms. The minimum atomic E-state index is -3.38. The molecule has 0 radical (unpaired) electrons. The van der Waals surface area contributed by atoms with Crippen molar-refractivity contribution in [2.75, 3.05) is 25.4 Å². The lowest BCUT2D eigenvalue weighted by Gasteiger charge is -2.04.